The summed E-state index contributed by atoms with van der Waals surface area (Å²) in [5, 5.41) is 9.81. The van der Waals surface area contributed by atoms with Crippen LogP contribution in [-0.2, 0) is 4.79 Å². The van der Waals surface area contributed by atoms with E-state index in [1.54, 1.807) is 6.07 Å². The Bertz CT molecular complexity index is 440. The van der Waals surface area contributed by atoms with Gasteiger partial charge in [-0.25, -0.2) is 0 Å². The normalized spacial score (nSPS) is 13.8. The third-order valence-electron chi connectivity index (χ3n) is 2.48. The van der Waals surface area contributed by atoms with E-state index < -0.39 is 11.5 Å². The molecular weight excluding hydrogens is 252 g/mol. The number of nitrogens with one attached hydrogen (secondary N) is 2. The van der Waals surface area contributed by atoms with Gasteiger partial charge in [0.1, 0.15) is 5.60 Å². The lowest BCUT2D eigenvalue weighted by atomic mass is 10.0. The molecule has 0 aliphatic rings. The maximum atomic E-state index is 11.7. The van der Waals surface area contributed by atoms with E-state index in [1.165, 1.54) is 18.3 Å². The Labute approximate surface area is 110 Å². The number of hydrogen-bond acceptors (Lipinski definition) is 4. The summed E-state index contributed by atoms with van der Waals surface area (Å²) in [5.74, 6) is -0.986. The van der Waals surface area contributed by atoms with Crippen molar-refractivity contribution in [3.8, 4) is 0 Å². The molecule has 1 heterocycles. The molecule has 1 atom stereocenters. The van der Waals surface area contributed by atoms with Crippen LogP contribution in [-0.4, -0.2) is 22.5 Å². The van der Waals surface area contributed by atoms with E-state index in [0.717, 1.165) is 4.88 Å². The van der Waals surface area contributed by atoms with Crippen molar-refractivity contribution in [2.75, 3.05) is 0 Å². The van der Waals surface area contributed by atoms with E-state index in [9.17, 15) is 14.7 Å². The van der Waals surface area contributed by atoms with Crippen molar-refractivity contribution in [2.24, 2.45) is 0 Å². The van der Waals surface area contributed by atoms with Crippen LogP contribution in [0.4, 0.5) is 0 Å². The fourth-order valence-corrected chi connectivity index (χ4v) is 2.23. The van der Waals surface area contributed by atoms with Gasteiger partial charge >= 0.3 is 0 Å². The molecule has 100 valence electrons. The van der Waals surface area contributed by atoms with E-state index in [4.69, 9.17) is 0 Å². The minimum absolute atomic E-state index is 0.340. The van der Waals surface area contributed by atoms with Gasteiger partial charge in [0.05, 0.1) is 4.88 Å². The maximum Gasteiger partial charge on any atom is 0.279 e. The second-order valence-corrected chi connectivity index (χ2v) is 5.63. The lowest BCUT2D eigenvalue weighted by molar-refractivity contribution is -0.139. The summed E-state index contributed by atoms with van der Waals surface area (Å²) in [6.07, 6.45) is 1.02. The smallest absolute Gasteiger partial charge is 0.279 e. The Hall–Kier alpha value is -1.40. The first-order chi connectivity index (χ1) is 8.36. The number of hydrogen-bond donors (Lipinski definition) is 3. The molecule has 0 bridgehead atoms. The van der Waals surface area contributed by atoms with Gasteiger partial charge in [-0.05, 0) is 32.4 Å². The molecule has 18 heavy (non-hydrogen) atoms. The van der Waals surface area contributed by atoms with Crippen molar-refractivity contribution in [1.82, 2.24) is 10.9 Å². The second kappa shape index (κ2) is 5.97. The first kappa shape index (κ1) is 14.7. The molecule has 2 amide bonds. The lowest BCUT2D eigenvalue weighted by Crippen LogP contribution is -2.51. The van der Waals surface area contributed by atoms with Crippen LogP contribution in [0.3, 0.4) is 0 Å². The van der Waals surface area contributed by atoms with Gasteiger partial charge in [0.25, 0.3) is 11.8 Å². The first-order valence-corrected chi connectivity index (χ1v) is 6.58. The van der Waals surface area contributed by atoms with Crippen molar-refractivity contribution in [3.63, 3.8) is 0 Å². The highest BCUT2D eigenvalue weighted by atomic mass is 32.1. The van der Waals surface area contributed by atoms with Crippen molar-refractivity contribution in [1.29, 1.82) is 0 Å². The number of amides is 2. The molecule has 0 aliphatic carbocycles. The highest BCUT2D eigenvalue weighted by Gasteiger charge is 2.29. The van der Waals surface area contributed by atoms with Crippen LogP contribution in [0.5, 0.6) is 0 Å². The van der Waals surface area contributed by atoms with Gasteiger partial charge < -0.3 is 5.11 Å². The molecule has 3 N–H and O–H groups in total. The number of hydrazine groups is 1. The van der Waals surface area contributed by atoms with Crippen LogP contribution >= 0.6 is 11.3 Å². The van der Waals surface area contributed by atoms with Gasteiger partial charge in [-0.3, -0.25) is 20.4 Å². The molecule has 0 saturated carbocycles. The number of aliphatic hydroxyl groups is 1. The van der Waals surface area contributed by atoms with Crippen molar-refractivity contribution in [2.45, 2.75) is 39.2 Å². The van der Waals surface area contributed by atoms with Gasteiger partial charge in [-0.1, -0.05) is 13.3 Å². The largest absolute Gasteiger partial charge is 0.380 e. The minimum Gasteiger partial charge on any atom is -0.380 e. The van der Waals surface area contributed by atoms with Crippen LogP contribution < -0.4 is 10.9 Å². The Morgan fingerprint density at radius 3 is 2.56 bits per heavy atom. The van der Waals surface area contributed by atoms with Crippen molar-refractivity contribution < 1.29 is 14.7 Å². The highest BCUT2D eigenvalue weighted by Crippen LogP contribution is 2.14. The SMILES string of the molecule is CCCC(C)(O)C(=O)NNC(=O)c1ccc(C)s1. The molecule has 1 unspecified atom stereocenters. The second-order valence-electron chi connectivity index (χ2n) is 4.34. The molecule has 5 nitrogen and oxygen atoms in total. The van der Waals surface area contributed by atoms with E-state index in [0.29, 0.717) is 17.7 Å². The fraction of sp³-hybridized carbons (Fsp3) is 0.500. The van der Waals surface area contributed by atoms with E-state index in [2.05, 4.69) is 10.9 Å². The van der Waals surface area contributed by atoms with Crippen LogP contribution in [0.1, 0.15) is 41.2 Å². The number of rotatable bonds is 4. The predicted octanol–water partition coefficient (Wildman–Crippen LogP) is 1.37. The lowest BCUT2D eigenvalue weighted by Gasteiger charge is -2.21. The Kier molecular flexibility index (Phi) is 4.86. The Morgan fingerprint density at radius 1 is 1.39 bits per heavy atom. The summed E-state index contributed by atoms with van der Waals surface area (Å²) in [4.78, 5) is 24.8. The zero-order valence-corrected chi connectivity index (χ0v) is 11.6. The third kappa shape index (κ3) is 3.82. The average molecular weight is 270 g/mol. The minimum atomic E-state index is -1.46. The zero-order valence-electron chi connectivity index (χ0n) is 10.7. The number of thiophene rings is 1. The van der Waals surface area contributed by atoms with Gasteiger partial charge in [-0.2, -0.15) is 0 Å². The average Bonchev–Trinajstić information content (AvgIpc) is 2.72. The summed E-state index contributed by atoms with van der Waals surface area (Å²) in [5.41, 5.74) is 3.06. The standard InChI is InChI=1S/C12H18N2O3S/c1-4-7-12(3,17)11(16)14-13-10(15)9-6-5-8(2)18-9/h5-6,17H,4,7H2,1-3H3,(H,13,15)(H,14,16). The number of carbonyl (C=O) groups is 2. The van der Waals surface area contributed by atoms with Crippen LogP contribution in [0.15, 0.2) is 12.1 Å². The van der Waals surface area contributed by atoms with Crippen molar-refractivity contribution in [3.05, 3.63) is 21.9 Å². The summed E-state index contributed by atoms with van der Waals surface area (Å²) >= 11 is 1.34. The highest BCUT2D eigenvalue weighted by molar-refractivity contribution is 7.13. The quantitative estimate of drug-likeness (QED) is 0.723. The number of carbonyl (C=O) groups excluding carboxylic acids is 2. The first-order valence-electron chi connectivity index (χ1n) is 5.76. The molecule has 1 aromatic rings. The van der Waals surface area contributed by atoms with Crippen molar-refractivity contribution >= 4 is 23.2 Å². The summed E-state index contributed by atoms with van der Waals surface area (Å²) in [6, 6.07) is 3.51. The van der Waals surface area contributed by atoms with Gasteiger partial charge in [0.2, 0.25) is 0 Å². The molecule has 1 rings (SSSR count). The van der Waals surface area contributed by atoms with E-state index >= 15 is 0 Å². The van der Waals surface area contributed by atoms with Gasteiger partial charge in [0.15, 0.2) is 0 Å². The predicted molar refractivity (Wildman–Crippen MR) is 70.2 cm³/mol. The topological polar surface area (TPSA) is 78.4 Å². The molecule has 0 saturated heterocycles. The van der Waals surface area contributed by atoms with Gasteiger partial charge in [-0.15, -0.1) is 11.3 Å². The molecule has 1 aromatic heterocycles. The van der Waals surface area contributed by atoms with E-state index in [1.807, 2.05) is 19.9 Å². The maximum absolute atomic E-state index is 11.7. The third-order valence-corrected chi connectivity index (χ3v) is 3.48. The van der Waals surface area contributed by atoms with Crippen LogP contribution in [0.25, 0.3) is 0 Å². The Morgan fingerprint density at radius 2 is 2.06 bits per heavy atom. The molecule has 0 fully saturated rings. The molecule has 0 aromatic carbocycles. The van der Waals surface area contributed by atoms with Gasteiger partial charge in [0, 0.05) is 4.88 Å². The van der Waals surface area contributed by atoms with Crippen LogP contribution in [0, 0.1) is 6.92 Å². The Balaban J connectivity index is 2.51. The van der Waals surface area contributed by atoms with Crippen LogP contribution in [0.2, 0.25) is 0 Å². The summed E-state index contributed by atoms with van der Waals surface area (Å²) in [7, 11) is 0. The molecule has 6 heteroatoms. The number of aryl methyl sites for hydroxylation is 1. The molecular formula is C12H18N2O3S. The molecule has 0 aliphatic heterocycles. The summed E-state index contributed by atoms with van der Waals surface area (Å²) in [6.45, 7) is 5.19. The molecule has 0 spiro atoms. The molecule has 0 radical (unpaired) electrons. The zero-order chi connectivity index (χ0) is 13.8. The summed E-state index contributed by atoms with van der Waals surface area (Å²) < 4.78 is 0. The monoisotopic (exact) mass is 270 g/mol. The van der Waals surface area contributed by atoms with E-state index in [-0.39, 0.29) is 5.91 Å². The fourth-order valence-electron chi connectivity index (χ4n) is 1.47.